The summed E-state index contributed by atoms with van der Waals surface area (Å²) in [6.45, 7) is 8.48. The molecule has 2 nitrogen and oxygen atoms in total. The number of nitrogens with one attached hydrogen (secondary N) is 1. The SMILES string of the molecule is CCCOCCC(C)C(CC)NC. The van der Waals surface area contributed by atoms with E-state index in [1.54, 1.807) is 0 Å². The topological polar surface area (TPSA) is 21.3 Å². The highest BCUT2D eigenvalue weighted by atomic mass is 16.5. The van der Waals surface area contributed by atoms with Crippen molar-refractivity contribution in [2.75, 3.05) is 20.3 Å². The molecular formula is C11H25NO. The average molecular weight is 187 g/mol. The van der Waals surface area contributed by atoms with Gasteiger partial charge in [0.05, 0.1) is 0 Å². The molecule has 1 N–H and O–H groups in total. The van der Waals surface area contributed by atoms with Gasteiger partial charge in [-0.15, -0.1) is 0 Å². The molecule has 13 heavy (non-hydrogen) atoms. The lowest BCUT2D eigenvalue weighted by atomic mass is 9.97. The van der Waals surface area contributed by atoms with Crippen LogP contribution in [0.5, 0.6) is 0 Å². The van der Waals surface area contributed by atoms with Crippen LogP contribution < -0.4 is 5.32 Å². The summed E-state index contributed by atoms with van der Waals surface area (Å²) in [7, 11) is 2.04. The molecule has 0 aliphatic rings. The molecule has 2 heteroatoms. The molecule has 0 aromatic rings. The van der Waals surface area contributed by atoms with Crippen molar-refractivity contribution in [1.29, 1.82) is 0 Å². The van der Waals surface area contributed by atoms with Gasteiger partial charge in [-0.25, -0.2) is 0 Å². The Morgan fingerprint density at radius 3 is 2.38 bits per heavy atom. The van der Waals surface area contributed by atoms with Crippen LogP contribution in [0.15, 0.2) is 0 Å². The highest BCUT2D eigenvalue weighted by molar-refractivity contribution is 4.69. The molecule has 0 aromatic heterocycles. The van der Waals surface area contributed by atoms with Gasteiger partial charge in [0.1, 0.15) is 0 Å². The second-order valence-electron chi connectivity index (χ2n) is 3.68. The summed E-state index contributed by atoms with van der Waals surface area (Å²) in [5, 5.41) is 3.34. The molecule has 0 rings (SSSR count). The number of ether oxygens (including phenoxy) is 1. The maximum absolute atomic E-state index is 5.46. The summed E-state index contributed by atoms with van der Waals surface area (Å²) in [5.41, 5.74) is 0. The minimum Gasteiger partial charge on any atom is -0.381 e. The summed E-state index contributed by atoms with van der Waals surface area (Å²) in [6, 6.07) is 0.644. The van der Waals surface area contributed by atoms with Gasteiger partial charge in [-0.05, 0) is 32.2 Å². The molecule has 0 aromatic carbocycles. The third-order valence-corrected chi connectivity index (χ3v) is 2.56. The Kier molecular flexibility index (Phi) is 8.46. The number of hydrogen-bond acceptors (Lipinski definition) is 2. The highest BCUT2D eigenvalue weighted by Crippen LogP contribution is 2.10. The van der Waals surface area contributed by atoms with Crippen molar-refractivity contribution in [3.8, 4) is 0 Å². The van der Waals surface area contributed by atoms with Gasteiger partial charge in [-0.3, -0.25) is 0 Å². The lowest BCUT2D eigenvalue weighted by molar-refractivity contribution is 0.117. The van der Waals surface area contributed by atoms with Crippen molar-refractivity contribution in [3.63, 3.8) is 0 Å². The van der Waals surface area contributed by atoms with Crippen LogP contribution in [0.1, 0.15) is 40.0 Å². The van der Waals surface area contributed by atoms with Crippen LogP contribution in [-0.4, -0.2) is 26.3 Å². The molecule has 0 heterocycles. The van der Waals surface area contributed by atoms with E-state index in [-0.39, 0.29) is 0 Å². The summed E-state index contributed by atoms with van der Waals surface area (Å²) in [5.74, 6) is 0.715. The summed E-state index contributed by atoms with van der Waals surface area (Å²) in [6.07, 6.45) is 3.49. The standard InChI is InChI=1S/C11H25NO/c1-5-8-13-9-7-10(3)11(6-2)12-4/h10-12H,5-9H2,1-4H3. The first-order valence-corrected chi connectivity index (χ1v) is 5.51. The molecule has 0 spiro atoms. The maximum Gasteiger partial charge on any atom is 0.0469 e. The molecule has 0 radical (unpaired) electrons. The predicted octanol–water partition coefficient (Wildman–Crippen LogP) is 2.44. The van der Waals surface area contributed by atoms with E-state index < -0.39 is 0 Å². The molecule has 0 amide bonds. The van der Waals surface area contributed by atoms with Crippen LogP contribution in [0.4, 0.5) is 0 Å². The first kappa shape index (κ1) is 12.9. The molecule has 0 fully saturated rings. The molecular weight excluding hydrogens is 162 g/mol. The Bertz CT molecular complexity index is 102. The van der Waals surface area contributed by atoms with Crippen molar-refractivity contribution < 1.29 is 4.74 Å². The lowest BCUT2D eigenvalue weighted by Crippen LogP contribution is -2.31. The van der Waals surface area contributed by atoms with Gasteiger partial charge >= 0.3 is 0 Å². The van der Waals surface area contributed by atoms with E-state index in [9.17, 15) is 0 Å². The minimum absolute atomic E-state index is 0.644. The molecule has 2 unspecified atom stereocenters. The summed E-state index contributed by atoms with van der Waals surface area (Å²) >= 11 is 0. The van der Waals surface area contributed by atoms with E-state index in [4.69, 9.17) is 4.74 Å². The monoisotopic (exact) mass is 187 g/mol. The van der Waals surface area contributed by atoms with E-state index in [0.717, 1.165) is 19.6 Å². The lowest BCUT2D eigenvalue weighted by Gasteiger charge is -2.21. The molecule has 0 bridgehead atoms. The van der Waals surface area contributed by atoms with Crippen molar-refractivity contribution in [2.24, 2.45) is 5.92 Å². The van der Waals surface area contributed by atoms with Gasteiger partial charge in [0, 0.05) is 19.3 Å². The van der Waals surface area contributed by atoms with Crippen LogP contribution >= 0.6 is 0 Å². The molecule has 0 saturated heterocycles. The second-order valence-corrected chi connectivity index (χ2v) is 3.68. The van der Waals surface area contributed by atoms with E-state index in [0.29, 0.717) is 12.0 Å². The van der Waals surface area contributed by atoms with Gasteiger partial charge in [0.25, 0.3) is 0 Å². The smallest absolute Gasteiger partial charge is 0.0469 e. The fourth-order valence-corrected chi connectivity index (χ4v) is 1.61. The third-order valence-electron chi connectivity index (χ3n) is 2.56. The Morgan fingerprint density at radius 1 is 1.23 bits per heavy atom. The average Bonchev–Trinajstić information content (AvgIpc) is 2.14. The van der Waals surface area contributed by atoms with Crippen LogP contribution in [-0.2, 0) is 4.74 Å². The normalized spacial score (nSPS) is 15.7. The first-order chi connectivity index (χ1) is 6.26. The van der Waals surface area contributed by atoms with Crippen LogP contribution in [0, 0.1) is 5.92 Å². The summed E-state index contributed by atoms with van der Waals surface area (Å²) in [4.78, 5) is 0. The zero-order valence-corrected chi connectivity index (χ0v) is 9.60. The third kappa shape index (κ3) is 6.05. The zero-order chi connectivity index (χ0) is 10.1. The molecule has 80 valence electrons. The zero-order valence-electron chi connectivity index (χ0n) is 9.60. The van der Waals surface area contributed by atoms with E-state index in [1.807, 2.05) is 7.05 Å². The van der Waals surface area contributed by atoms with Crippen molar-refractivity contribution in [1.82, 2.24) is 5.32 Å². The second kappa shape index (κ2) is 8.52. The van der Waals surface area contributed by atoms with Gasteiger partial charge in [-0.1, -0.05) is 20.8 Å². The largest absolute Gasteiger partial charge is 0.381 e. The van der Waals surface area contributed by atoms with E-state index >= 15 is 0 Å². The first-order valence-electron chi connectivity index (χ1n) is 5.51. The Labute approximate surface area is 83.1 Å². The Morgan fingerprint density at radius 2 is 1.92 bits per heavy atom. The number of rotatable bonds is 8. The Hall–Kier alpha value is -0.0800. The highest BCUT2D eigenvalue weighted by Gasteiger charge is 2.12. The van der Waals surface area contributed by atoms with E-state index in [2.05, 4.69) is 26.1 Å². The van der Waals surface area contributed by atoms with Crippen LogP contribution in [0.3, 0.4) is 0 Å². The minimum atomic E-state index is 0.644. The van der Waals surface area contributed by atoms with Crippen molar-refractivity contribution in [3.05, 3.63) is 0 Å². The molecule has 0 saturated carbocycles. The molecule has 0 aliphatic carbocycles. The fourth-order valence-electron chi connectivity index (χ4n) is 1.61. The summed E-state index contributed by atoms with van der Waals surface area (Å²) < 4.78 is 5.46. The van der Waals surface area contributed by atoms with Crippen LogP contribution in [0.25, 0.3) is 0 Å². The van der Waals surface area contributed by atoms with Gasteiger partial charge < -0.3 is 10.1 Å². The van der Waals surface area contributed by atoms with Crippen LogP contribution in [0.2, 0.25) is 0 Å². The van der Waals surface area contributed by atoms with Crippen molar-refractivity contribution >= 4 is 0 Å². The quantitative estimate of drug-likeness (QED) is 0.589. The predicted molar refractivity (Wildman–Crippen MR) is 58.0 cm³/mol. The Balaban J connectivity index is 3.42. The van der Waals surface area contributed by atoms with Gasteiger partial charge in [0.15, 0.2) is 0 Å². The van der Waals surface area contributed by atoms with Gasteiger partial charge in [-0.2, -0.15) is 0 Å². The van der Waals surface area contributed by atoms with E-state index in [1.165, 1.54) is 12.8 Å². The molecule has 2 atom stereocenters. The van der Waals surface area contributed by atoms with Crippen molar-refractivity contribution in [2.45, 2.75) is 46.1 Å². The maximum atomic E-state index is 5.46. The number of hydrogen-bond donors (Lipinski definition) is 1. The molecule has 0 aliphatic heterocycles. The van der Waals surface area contributed by atoms with Gasteiger partial charge in [0.2, 0.25) is 0 Å². The fraction of sp³-hybridized carbons (Fsp3) is 1.00.